The van der Waals surface area contributed by atoms with Crippen molar-refractivity contribution in [2.75, 3.05) is 13.1 Å². The minimum atomic E-state index is -0.449. The third kappa shape index (κ3) is 4.21. The summed E-state index contributed by atoms with van der Waals surface area (Å²) >= 11 is 0. The number of nitrogens with zero attached hydrogens (tertiary/aromatic N) is 1. The molecule has 4 nitrogen and oxygen atoms in total. The Morgan fingerprint density at radius 2 is 2.23 bits per heavy atom. The zero-order chi connectivity index (χ0) is 15.8. The number of aliphatic hydroxyl groups is 1. The number of para-hydroxylation sites is 1. The van der Waals surface area contributed by atoms with Crippen LogP contribution < -0.4 is 5.32 Å². The lowest BCUT2D eigenvalue weighted by Crippen LogP contribution is -2.29. The monoisotopic (exact) mass is 300 g/mol. The van der Waals surface area contributed by atoms with Crippen molar-refractivity contribution < 1.29 is 10.2 Å². The number of hydrogen-bond donors (Lipinski definition) is 3. The van der Waals surface area contributed by atoms with Crippen molar-refractivity contribution in [1.29, 1.82) is 0 Å². The molecule has 0 radical (unpaired) electrons. The van der Waals surface area contributed by atoms with E-state index in [9.17, 15) is 10.2 Å². The SMILES string of the molecule is C=CNCCCN=C(c1ccccc1O)C1C=CCCC1O. The second-order valence-corrected chi connectivity index (χ2v) is 5.39. The number of phenolic OH excluding ortho intramolecular Hbond substituents is 1. The third-order valence-electron chi connectivity index (χ3n) is 3.79. The maximum Gasteiger partial charge on any atom is 0.124 e. The van der Waals surface area contributed by atoms with Crippen LogP contribution >= 0.6 is 0 Å². The summed E-state index contributed by atoms with van der Waals surface area (Å²) in [7, 11) is 0. The van der Waals surface area contributed by atoms with Crippen molar-refractivity contribution in [3.8, 4) is 5.75 Å². The van der Waals surface area contributed by atoms with E-state index in [0.717, 1.165) is 31.5 Å². The number of phenols is 1. The lowest BCUT2D eigenvalue weighted by molar-refractivity contribution is 0.142. The Bertz CT molecular complexity index is 552. The largest absolute Gasteiger partial charge is 0.507 e. The Kier molecular flexibility index (Phi) is 6.22. The lowest BCUT2D eigenvalue weighted by atomic mass is 9.85. The Morgan fingerprint density at radius 3 is 2.95 bits per heavy atom. The fourth-order valence-electron chi connectivity index (χ4n) is 2.63. The van der Waals surface area contributed by atoms with Crippen molar-refractivity contribution in [2.45, 2.75) is 25.4 Å². The number of nitrogens with one attached hydrogen (secondary N) is 1. The van der Waals surface area contributed by atoms with Gasteiger partial charge in [0.25, 0.3) is 0 Å². The fourth-order valence-corrected chi connectivity index (χ4v) is 2.63. The van der Waals surface area contributed by atoms with Gasteiger partial charge in [0.05, 0.1) is 11.8 Å². The van der Waals surface area contributed by atoms with Crippen molar-refractivity contribution in [3.05, 3.63) is 54.8 Å². The number of rotatable bonds is 7. The van der Waals surface area contributed by atoms with Crippen LogP contribution in [0.5, 0.6) is 5.75 Å². The Hall–Kier alpha value is -2.07. The molecule has 0 amide bonds. The molecule has 0 fully saturated rings. The topological polar surface area (TPSA) is 64.9 Å². The van der Waals surface area contributed by atoms with Crippen LogP contribution in [0.1, 0.15) is 24.8 Å². The van der Waals surface area contributed by atoms with Gasteiger partial charge in [0.15, 0.2) is 0 Å². The zero-order valence-electron chi connectivity index (χ0n) is 12.8. The van der Waals surface area contributed by atoms with Gasteiger partial charge in [-0.15, -0.1) is 0 Å². The number of allylic oxidation sites excluding steroid dienone is 1. The molecular weight excluding hydrogens is 276 g/mol. The van der Waals surface area contributed by atoms with Gasteiger partial charge >= 0.3 is 0 Å². The van der Waals surface area contributed by atoms with Crippen LogP contribution in [0.3, 0.4) is 0 Å². The van der Waals surface area contributed by atoms with Gasteiger partial charge in [-0.3, -0.25) is 4.99 Å². The first-order valence-electron chi connectivity index (χ1n) is 7.75. The Balaban J connectivity index is 2.22. The average Bonchev–Trinajstić information content (AvgIpc) is 2.53. The maximum absolute atomic E-state index is 10.3. The Morgan fingerprint density at radius 1 is 1.41 bits per heavy atom. The van der Waals surface area contributed by atoms with E-state index in [2.05, 4.69) is 23.0 Å². The summed E-state index contributed by atoms with van der Waals surface area (Å²) in [6.07, 6.45) is 7.78. The summed E-state index contributed by atoms with van der Waals surface area (Å²) in [5.74, 6) is 0.0473. The molecule has 0 bridgehead atoms. The molecule has 0 saturated carbocycles. The second kappa shape index (κ2) is 8.39. The number of benzene rings is 1. The molecule has 118 valence electrons. The smallest absolute Gasteiger partial charge is 0.124 e. The van der Waals surface area contributed by atoms with Gasteiger partial charge in [0.1, 0.15) is 5.75 Å². The predicted molar refractivity (Wildman–Crippen MR) is 90.2 cm³/mol. The molecule has 2 rings (SSSR count). The van der Waals surface area contributed by atoms with Gasteiger partial charge in [-0.1, -0.05) is 30.9 Å². The molecule has 2 unspecified atom stereocenters. The maximum atomic E-state index is 10.3. The number of aromatic hydroxyl groups is 1. The minimum Gasteiger partial charge on any atom is -0.507 e. The molecule has 3 N–H and O–H groups in total. The van der Waals surface area contributed by atoms with Crippen LogP contribution in [0.15, 0.2) is 54.2 Å². The molecule has 1 aliphatic carbocycles. The highest BCUT2D eigenvalue weighted by atomic mass is 16.3. The molecule has 0 saturated heterocycles. The van der Waals surface area contributed by atoms with Crippen LogP contribution in [0.2, 0.25) is 0 Å². The highest BCUT2D eigenvalue weighted by molar-refractivity contribution is 6.05. The molecule has 0 aliphatic heterocycles. The van der Waals surface area contributed by atoms with Crippen molar-refractivity contribution in [1.82, 2.24) is 5.32 Å². The van der Waals surface area contributed by atoms with E-state index in [4.69, 9.17) is 0 Å². The van der Waals surface area contributed by atoms with Gasteiger partial charge in [0, 0.05) is 24.6 Å². The minimum absolute atomic E-state index is 0.158. The van der Waals surface area contributed by atoms with E-state index in [0.29, 0.717) is 12.1 Å². The van der Waals surface area contributed by atoms with Crippen molar-refractivity contribution >= 4 is 5.71 Å². The van der Waals surface area contributed by atoms with E-state index < -0.39 is 6.10 Å². The summed E-state index contributed by atoms with van der Waals surface area (Å²) < 4.78 is 0. The van der Waals surface area contributed by atoms with Crippen LogP contribution in [0, 0.1) is 5.92 Å². The van der Waals surface area contributed by atoms with Crippen LogP contribution in [0.25, 0.3) is 0 Å². The normalized spacial score (nSPS) is 21.6. The second-order valence-electron chi connectivity index (χ2n) is 5.39. The summed E-state index contributed by atoms with van der Waals surface area (Å²) in [6.45, 7) is 5.06. The lowest BCUT2D eigenvalue weighted by Gasteiger charge is -2.25. The summed E-state index contributed by atoms with van der Waals surface area (Å²) in [5, 5.41) is 23.5. The highest BCUT2D eigenvalue weighted by Gasteiger charge is 2.26. The zero-order valence-corrected chi connectivity index (χ0v) is 12.8. The molecule has 1 aromatic carbocycles. The van der Waals surface area contributed by atoms with Gasteiger partial charge < -0.3 is 15.5 Å². The first kappa shape index (κ1) is 16.3. The number of aliphatic hydroxyl groups excluding tert-OH is 1. The van der Waals surface area contributed by atoms with E-state index in [1.165, 1.54) is 0 Å². The molecule has 0 heterocycles. The molecular formula is C18H24N2O2. The molecule has 0 spiro atoms. The molecule has 0 aromatic heterocycles. The Labute approximate surface area is 131 Å². The predicted octanol–water partition coefficient (Wildman–Crippen LogP) is 2.63. The number of aliphatic imine (C=N–C) groups is 1. The molecule has 4 heteroatoms. The molecule has 1 aliphatic rings. The molecule has 1 aromatic rings. The first-order chi connectivity index (χ1) is 10.7. The van der Waals surface area contributed by atoms with E-state index in [1.54, 1.807) is 18.3 Å². The van der Waals surface area contributed by atoms with Crippen molar-refractivity contribution in [3.63, 3.8) is 0 Å². The van der Waals surface area contributed by atoms with Crippen LogP contribution in [-0.2, 0) is 0 Å². The molecule has 2 atom stereocenters. The van der Waals surface area contributed by atoms with E-state index >= 15 is 0 Å². The van der Waals surface area contributed by atoms with Gasteiger partial charge in [-0.25, -0.2) is 0 Å². The van der Waals surface area contributed by atoms with Gasteiger partial charge in [-0.05, 0) is 37.6 Å². The van der Waals surface area contributed by atoms with Crippen LogP contribution in [0.4, 0.5) is 0 Å². The third-order valence-corrected chi connectivity index (χ3v) is 3.79. The summed E-state index contributed by atoms with van der Waals surface area (Å²) in [4.78, 5) is 4.67. The summed E-state index contributed by atoms with van der Waals surface area (Å²) in [6, 6.07) is 7.18. The fraction of sp³-hybridized carbons (Fsp3) is 0.389. The average molecular weight is 300 g/mol. The van der Waals surface area contributed by atoms with E-state index in [1.807, 2.05) is 18.2 Å². The summed E-state index contributed by atoms with van der Waals surface area (Å²) in [5.41, 5.74) is 1.47. The molecule has 22 heavy (non-hydrogen) atoms. The van der Waals surface area contributed by atoms with Crippen molar-refractivity contribution in [2.24, 2.45) is 10.9 Å². The van der Waals surface area contributed by atoms with Gasteiger partial charge in [-0.2, -0.15) is 0 Å². The highest BCUT2D eigenvalue weighted by Crippen LogP contribution is 2.27. The first-order valence-corrected chi connectivity index (χ1v) is 7.75. The van der Waals surface area contributed by atoms with E-state index in [-0.39, 0.29) is 11.7 Å². The quantitative estimate of drug-likeness (QED) is 0.412. The standard InChI is InChI=1S/C18H24N2O2/c1-2-19-12-7-13-20-18(14-8-3-5-10-16(14)21)15-9-4-6-11-17(15)22/h2-5,8-10,15,17,19,21-22H,1,6-7,11-13H2. The van der Waals surface area contributed by atoms with Gasteiger partial charge in [0.2, 0.25) is 0 Å². The van der Waals surface area contributed by atoms with Crippen LogP contribution in [-0.4, -0.2) is 35.1 Å². The number of hydrogen-bond acceptors (Lipinski definition) is 4.